The van der Waals surface area contributed by atoms with Gasteiger partial charge in [-0.15, -0.1) is 0 Å². The number of hydrogen-bond donors (Lipinski definition) is 0. The lowest BCUT2D eigenvalue weighted by atomic mass is 9.92. The number of rotatable bonds is 5. The molecule has 0 radical (unpaired) electrons. The maximum atomic E-state index is 15.4. The summed E-state index contributed by atoms with van der Waals surface area (Å²) in [7, 11) is -3.07. The van der Waals surface area contributed by atoms with Crippen LogP contribution in [0.1, 0.15) is 5.56 Å². The molecule has 1 atom stereocenters. The van der Waals surface area contributed by atoms with Crippen LogP contribution in [-0.4, -0.2) is 4.98 Å². The minimum absolute atomic E-state index is 0.445. The molecule has 4 heteroatoms. The Morgan fingerprint density at radius 3 is 1.68 bits per heavy atom. The van der Waals surface area contributed by atoms with E-state index in [-0.39, 0.29) is 0 Å². The molecule has 0 saturated carbocycles. The first-order valence-electron chi connectivity index (χ1n) is 14.7. The van der Waals surface area contributed by atoms with Crippen molar-refractivity contribution < 1.29 is 4.57 Å². The number of pyridine rings is 1. The molecule has 1 unspecified atom stereocenters. The zero-order chi connectivity index (χ0) is 29.7. The van der Waals surface area contributed by atoms with Gasteiger partial charge in [0.2, 0.25) is 0 Å². The van der Waals surface area contributed by atoms with Gasteiger partial charge in [-0.1, -0.05) is 149 Å². The predicted octanol–water partition coefficient (Wildman–Crippen LogP) is 10.6. The Morgan fingerprint density at radius 1 is 0.523 bits per heavy atom. The van der Waals surface area contributed by atoms with Crippen LogP contribution in [0, 0.1) is 0 Å². The highest BCUT2D eigenvalue weighted by atomic mass is 79.9. The van der Waals surface area contributed by atoms with E-state index in [9.17, 15) is 0 Å². The van der Waals surface area contributed by atoms with Crippen LogP contribution in [0.5, 0.6) is 0 Å². The Hall–Kier alpha value is -4.56. The summed E-state index contributed by atoms with van der Waals surface area (Å²) in [5, 5.41) is 8.40. The average molecular weight is 649 g/mol. The van der Waals surface area contributed by atoms with Gasteiger partial charge in [-0.25, -0.2) is 4.98 Å². The molecule has 0 N–H and O–H groups in total. The van der Waals surface area contributed by atoms with E-state index in [4.69, 9.17) is 4.98 Å². The fourth-order valence-corrected chi connectivity index (χ4v) is 9.90. The van der Waals surface area contributed by atoms with Crippen LogP contribution in [0.25, 0.3) is 54.5 Å². The molecule has 8 aromatic rings. The molecule has 0 saturated heterocycles. The van der Waals surface area contributed by atoms with Crippen LogP contribution >= 0.6 is 23.1 Å². The van der Waals surface area contributed by atoms with Crippen molar-refractivity contribution in [1.29, 1.82) is 0 Å². The van der Waals surface area contributed by atoms with E-state index in [1.54, 1.807) is 0 Å². The summed E-state index contributed by atoms with van der Waals surface area (Å²) in [5.74, 6) is 0. The Labute approximate surface area is 264 Å². The Bertz CT molecular complexity index is 2310. The van der Waals surface area contributed by atoms with E-state index in [0.29, 0.717) is 6.16 Å². The van der Waals surface area contributed by atoms with Crippen molar-refractivity contribution in [3.8, 4) is 11.1 Å². The summed E-state index contributed by atoms with van der Waals surface area (Å²) in [6.45, 7) is 0. The second-order valence-corrected chi connectivity index (χ2v) is 15.0. The van der Waals surface area contributed by atoms with Gasteiger partial charge in [0.15, 0.2) is 0 Å². The SMILES string of the molecule is O=P(Cc1ccccc1)(c1ccccc1)c1cc(Br)cc(-c2c3ccc4ccccc4c3nc3c2ccc2ccccc23)c1. The molecule has 0 spiro atoms. The molecule has 0 aliphatic heterocycles. The van der Waals surface area contributed by atoms with Crippen LogP contribution in [-0.2, 0) is 10.7 Å². The first-order chi connectivity index (χ1) is 21.6. The molecule has 0 aliphatic rings. The number of nitrogens with zero attached hydrogens (tertiary/aromatic N) is 1. The van der Waals surface area contributed by atoms with Crippen molar-refractivity contribution in [2.75, 3.05) is 0 Å². The van der Waals surface area contributed by atoms with Crippen molar-refractivity contribution in [3.05, 3.63) is 162 Å². The van der Waals surface area contributed by atoms with Crippen molar-refractivity contribution in [3.63, 3.8) is 0 Å². The van der Waals surface area contributed by atoms with E-state index in [2.05, 4.69) is 113 Å². The predicted molar refractivity (Wildman–Crippen MR) is 191 cm³/mol. The first-order valence-corrected chi connectivity index (χ1v) is 17.4. The quantitative estimate of drug-likeness (QED) is 0.106. The van der Waals surface area contributed by atoms with Gasteiger partial charge in [0.1, 0.15) is 7.14 Å². The lowest BCUT2D eigenvalue weighted by molar-refractivity contribution is 0.586. The molecule has 0 amide bonds. The Balaban J connectivity index is 1.46. The number of fused-ring (bicyclic) bond motifs is 6. The van der Waals surface area contributed by atoms with Crippen molar-refractivity contribution in [2.24, 2.45) is 0 Å². The summed E-state index contributed by atoms with van der Waals surface area (Å²) in [5.41, 5.74) is 5.11. The molecule has 1 heterocycles. The van der Waals surface area contributed by atoms with Gasteiger partial charge in [0.05, 0.1) is 11.0 Å². The van der Waals surface area contributed by atoms with Crippen LogP contribution in [0.4, 0.5) is 0 Å². The second-order valence-electron chi connectivity index (χ2n) is 11.3. The first kappa shape index (κ1) is 27.0. The van der Waals surface area contributed by atoms with Crippen LogP contribution in [0.15, 0.2) is 156 Å². The van der Waals surface area contributed by atoms with E-state index < -0.39 is 7.14 Å². The molecule has 210 valence electrons. The summed E-state index contributed by atoms with van der Waals surface area (Å²) >= 11 is 3.83. The summed E-state index contributed by atoms with van der Waals surface area (Å²) in [6.07, 6.45) is 0.445. The number of halogens is 1. The third-order valence-electron chi connectivity index (χ3n) is 8.57. The van der Waals surface area contributed by atoms with Gasteiger partial charge in [0.25, 0.3) is 0 Å². The molecule has 2 nitrogen and oxygen atoms in total. The topological polar surface area (TPSA) is 30.0 Å². The molecule has 1 aromatic heterocycles. The third-order valence-corrected chi connectivity index (χ3v) is 12.1. The normalized spacial score (nSPS) is 13.0. The molecule has 0 fully saturated rings. The van der Waals surface area contributed by atoms with Gasteiger partial charge in [-0.05, 0) is 40.1 Å². The smallest absolute Gasteiger partial charge is 0.147 e. The minimum atomic E-state index is -3.07. The van der Waals surface area contributed by atoms with Crippen molar-refractivity contribution >= 4 is 77.0 Å². The largest absolute Gasteiger partial charge is 0.313 e. The highest BCUT2D eigenvalue weighted by Crippen LogP contribution is 2.49. The van der Waals surface area contributed by atoms with Gasteiger partial charge >= 0.3 is 0 Å². The summed E-state index contributed by atoms with van der Waals surface area (Å²) < 4.78 is 16.3. The monoisotopic (exact) mass is 647 g/mol. The molecule has 44 heavy (non-hydrogen) atoms. The van der Waals surface area contributed by atoms with Crippen molar-refractivity contribution in [1.82, 2.24) is 4.98 Å². The van der Waals surface area contributed by atoms with E-state index in [1.165, 1.54) is 0 Å². The zero-order valence-corrected chi connectivity index (χ0v) is 26.3. The zero-order valence-electron chi connectivity index (χ0n) is 23.8. The maximum Gasteiger partial charge on any atom is 0.147 e. The minimum Gasteiger partial charge on any atom is -0.313 e. The second kappa shape index (κ2) is 10.9. The molecular formula is C40H27BrNOP. The molecular weight excluding hydrogens is 621 g/mol. The number of aromatic nitrogens is 1. The molecule has 0 aliphatic carbocycles. The van der Waals surface area contributed by atoms with Crippen molar-refractivity contribution in [2.45, 2.75) is 6.16 Å². The van der Waals surface area contributed by atoms with Gasteiger partial charge in [-0.2, -0.15) is 0 Å². The van der Waals surface area contributed by atoms with E-state index in [1.807, 2.05) is 54.6 Å². The third kappa shape index (κ3) is 4.56. The maximum absolute atomic E-state index is 15.4. The highest BCUT2D eigenvalue weighted by molar-refractivity contribution is 9.10. The lowest BCUT2D eigenvalue weighted by Gasteiger charge is -2.22. The van der Waals surface area contributed by atoms with E-state index >= 15 is 4.57 Å². The Morgan fingerprint density at radius 2 is 1.07 bits per heavy atom. The van der Waals surface area contributed by atoms with E-state index in [0.717, 1.165) is 75.1 Å². The van der Waals surface area contributed by atoms with Crippen LogP contribution in [0.2, 0.25) is 0 Å². The number of hydrogen-bond acceptors (Lipinski definition) is 2. The van der Waals surface area contributed by atoms with Crippen LogP contribution < -0.4 is 10.6 Å². The standard InChI is InChI=1S/C40H27BrNOP/c41-31-23-30(24-33(25-31)44(43,32-15-5-2-6-16-32)26-27-11-3-1-4-12-27)38-36-21-19-28-13-7-9-17-34(28)39(36)42-40-35-18-10-8-14-29(35)20-22-37(38)40/h1-25H,26H2. The molecule has 8 rings (SSSR count). The molecule has 0 bridgehead atoms. The fraction of sp³-hybridized carbons (Fsp3) is 0.0250. The molecule has 7 aromatic carbocycles. The summed E-state index contributed by atoms with van der Waals surface area (Å²) in [6, 6.07) is 52.1. The fourth-order valence-electron chi connectivity index (χ4n) is 6.49. The van der Waals surface area contributed by atoms with Gasteiger partial charge in [-0.3, -0.25) is 0 Å². The average Bonchev–Trinajstić information content (AvgIpc) is 3.07. The lowest BCUT2D eigenvalue weighted by Crippen LogP contribution is -2.18. The highest BCUT2D eigenvalue weighted by Gasteiger charge is 2.29. The summed E-state index contributed by atoms with van der Waals surface area (Å²) in [4.78, 5) is 5.35. The van der Waals surface area contributed by atoms with Gasteiger partial charge in [0, 0.05) is 48.4 Å². The van der Waals surface area contributed by atoms with Gasteiger partial charge < -0.3 is 4.57 Å². The Kier molecular flexibility index (Phi) is 6.67. The number of benzene rings is 7. The van der Waals surface area contributed by atoms with Crippen LogP contribution in [0.3, 0.4) is 0 Å².